The standard InChI is InChI=1S/C34H31F5N10O4/c1-2-25-27(46-11-13-47(14-12-46)32(52)30-41-29(43-44-30)21-5-3-4-6-22(21)35)31(51)49-33(42-28(45-49)19-9-15-53-16-10-19)48(25)18-26(50)40-24-8-7-20(17-23(24)36)34(37,38)39/h3-9,17H,2,10-16,18H2,1H3,(H,40,50)(H,41,43,44). The highest BCUT2D eigenvalue weighted by atomic mass is 19.4. The third-order valence-electron chi connectivity index (χ3n) is 8.97. The second-order valence-electron chi connectivity index (χ2n) is 12.2. The van der Waals surface area contributed by atoms with Gasteiger partial charge < -0.3 is 24.4 Å². The van der Waals surface area contributed by atoms with E-state index < -0.39 is 53.0 Å². The molecule has 5 heterocycles. The normalized spacial score (nSPS) is 15.2. The lowest BCUT2D eigenvalue weighted by molar-refractivity contribution is -0.137. The average Bonchev–Trinajstić information content (AvgIpc) is 3.83. The van der Waals surface area contributed by atoms with Gasteiger partial charge in [0.15, 0.2) is 11.6 Å². The number of amides is 2. The fraction of sp³-hybridized carbons (Fsp3) is 0.324. The molecule has 0 saturated carbocycles. The Labute approximate surface area is 296 Å². The second kappa shape index (κ2) is 14.2. The van der Waals surface area contributed by atoms with Gasteiger partial charge in [-0.05, 0) is 48.7 Å². The summed E-state index contributed by atoms with van der Waals surface area (Å²) in [6.45, 7) is 2.74. The zero-order chi connectivity index (χ0) is 37.4. The fourth-order valence-corrected chi connectivity index (χ4v) is 6.32. The van der Waals surface area contributed by atoms with Crippen molar-refractivity contribution >= 4 is 34.5 Å². The zero-order valence-corrected chi connectivity index (χ0v) is 28.1. The van der Waals surface area contributed by atoms with E-state index in [1.165, 1.54) is 27.7 Å². The number of carbonyl (C=O) groups is 2. The highest BCUT2D eigenvalue weighted by Gasteiger charge is 2.32. The summed E-state index contributed by atoms with van der Waals surface area (Å²) in [7, 11) is 0. The minimum Gasteiger partial charge on any atom is -0.377 e. The van der Waals surface area contributed by atoms with Gasteiger partial charge in [0.05, 0.1) is 35.7 Å². The predicted molar refractivity (Wildman–Crippen MR) is 180 cm³/mol. The minimum atomic E-state index is -4.77. The molecule has 0 atom stereocenters. The first-order valence-corrected chi connectivity index (χ1v) is 16.6. The Balaban J connectivity index is 1.18. The number of anilines is 2. The molecule has 1 fully saturated rings. The number of ether oxygens (including phenoxy) is 1. The van der Waals surface area contributed by atoms with E-state index in [1.54, 1.807) is 24.0 Å². The first-order chi connectivity index (χ1) is 25.4. The van der Waals surface area contributed by atoms with E-state index in [0.29, 0.717) is 37.5 Å². The van der Waals surface area contributed by atoms with E-state index >= 15 is 0 Å². The number of hydrogen-bond acceptors (Lipinski definition) is 9. The number of alkyl halides is 3. The molecule has 2 aliphatic heterocycles. The maximum atomic E-state index is 14.7. The van der Waals surface area contributed by atoms with Crippen molar-refractivity contribution in [1.82, 2.24) is 39.2 Å². The first kappa shape index (κ1) is 35.4. The topological polar surface area (TPSA) is 156 Å². The number of nitrogens with zero attached hydrogens (tertiary/aromatic N) is 8. The van der Waals surface area contributed by atoms with Gasteiger partial charge in [-0.15, -0.1) is 5.10 Å². The van der Waals surface area contributed by atoms with Crippen molar-refractivity contribution in [2.24, 2.45) is 0 Å². The number of hydrogen-bond donors (Lipinski definition) is 2. The number of aromatic nitrogens is 7. The van der Waals surface area contributed by atoms with Crippen molar-refractivity contribution in [1.29, 1.82) is 0 Å². The van der Waals surface area contributed by atoms with Crippen LogP contribution in [0.15, 0.2) is 53.3 Å². The third kappa shape index (κ3) is 6.98. The van der Waals surface area contributed by atoms with Gasteiger partial charge in [-0.25, -0.2) is 13.8 Å². The highest BCUT2D eigenvalue weighted by molar-refractivity contribution is 5.92. The Hall–Kier alpha value is -5.98. The average molecular weight is 739 g/mol. The molecule has 276 valence electrons. The maximum absolute atomic E-state index is 14.7. The summed E-state index contributed by atoms with van der Waals surface area (Å²) in [4.78, 5) is 53.0. The molecule has 19 heteroatoms. The van der Waals surface area contributed by atoms with Crippen molar-refractivity contribution < 1.29 is 36.3 Å². The summed E-state index contributed by atoms with van der Waals surface area (Å²) in [5.74, 6) is -2.84. The molecular weight excluding hydrogens is 707 g/mol. The molecule has 2 N–H and O–H groups in total. The zero-order valence-electron chi connectivity index (χ0n) is 28.1. The van der Waals surface area contributed by atoms with Gasteiger partial charge >= 0.3 is 6.18 Å². The van der Waals surface area contributed by atoms with Crippen molar-refractivity contribution in [2.45, 2.75) is 32.5 Å². The van der Waals surface area contributed by atoms with Crippen LogP contribution < -0.4 is 15.8 Å². The highest BCUT2D eigenvalue weighted by Crippen LogP contribution is 2.31. The molecular formula is C34H31F5N10O4. The summed E-state index contributed by atoms with van der Waals surface area (Å²) < 4.78 is 76.2. The quantitative estimate of drug-likeness (QED) is 0.225. The van der Waals surface area contributed by atoms with Crippen LogP contribution in [-0.4, -0.2) is 90.5 Å². The van der Waals surface area contributed by atoms with Gasteiger partial charge in [-0.1, -0.05) is 25.1 Å². The van der Waals surface area contributed by atoms with E-state index in [0.717, 1.165) is 16.2 Å². The Morgan fingerprint density at radius 2 is 1.77 bits per heavy atom. The van der Waals surface area contributed by atoms with Crippen LogP contribution in [0.1, 0.15) is 41.0 Å². The Morgan fingerprint density at radius 3 is 2.45 bits per heavy atom. The molecule has 53 heavy (non-hydrogen) atoms. The summed E-state index contributed by atoms with van der Waals surface area (Å²) in [6.07, 6.45) is -2.27. The van der Waals surface area contributed by atoms with Crippen LogP contribution in [0.5, 0.6) is 0 Å². The third-order valence-corrected chi connectivity index (χ3v) is 8.97. The molecule has 0 aliphatic carbocycles. The molecule has 5 aromatic rings. The minimum absolute atomic E-state index is 0.0281. The second-order valence-corrected chi connectivity index (χ2v) is 12.2. The van der Waals surface area contributed by atoms with E-state index in [-0.39, 0.29) is 67.1 Å². The Kier molecular flexibility index (Phi) is 9.50. The van der Waals surface area contributed by atoms with Crippen molar-refractivity contribution in [3.63, 3.8) is 0 Å². The summed E-state index contributed by atoms with van der Waals surface area (Å²) >= 11 is 0. The number of rotatable bonds is 8. The van der Waals surface area contributed by atoms with E-state index in [9.17, 15) is 36.3 Å². The fourth-order valence-electron chi connectivity index (χ4n) is 6.32. The monoisotopic (exact) mass is 738 g/mol. The van der Waals surface area contributed by atoms with Gasteiger partial charge in [0, 0.05) is 26.2 Å². The number of nitrogens with one attached hydrogen (secondary N) is 2. The van der Waals surface area contributed by atoms with Crippen LogP contribution in [0, 0.1) is 11.6 Å². The van der Waals surface area contributed by atoms with E-state index in [1.807, 2.05) is 0 Å². The smallest absolute Gasteiger partial charge is 0.377 e. The molecule has 1 saturated heterocycles. The lowest BCUT2D eigenvalue weighted by atomic mass is 10.1. The van der Waals surface area contributed by atoms with Crippen LogP contribution in [-0.2, 0) is 28.7 Å². The van der Waals surface area contributed by atoms with Gasteiger partial charge in [-0.3, -0.25) is 19.5 Å². The number of benzene rings is 2. The molecule has 0 spiro atoms. The molecule has 7 rings (SSSR count). The lowest BCUT2D eigenvalue weighted by Gasteiger charge is -2.36. The van der Waals surface area contributed by atoms with Gasteiger partial charge in [0.1, 0.15) is 23.9 Å². The molecule has 2 aromatic carbocycles. The Morgan fingerprint density at radius 1 is 1.00 bits per heavy atom. The van der Waals surface area contributed by atoms with Crippen molar-refractivity contribution in [2.75, 3.05) is 49.6 Å². The van der Waals surface area contributed by atoms with Crippen LogP contribution in [0.25, 0.3) is 22.7 Å². The predicted octanol–water partition coefficient (Wildman–Crippen LogP) is 3.94. The molecule has 0 bridgehead atoms. The van der Waals surface area contributed by atoms with E-state index in [4.69, 9.17) is 4.74 Å². The van der Waals surface area contributed by atoms with Gasteiger partial charge in [-0.2, -0.15) is 27.8 Å². The molecule has 2 aliphatic rings. The number of fused-ring (bicyclic) bond motifs is 1. The number of aromatic amines is 1. The summed E-state index contributed by atoms with van der Waals surface area (Å²) in [5.41, 5.74) is -0.705. The number of halogens is 5. The van der Waals surface area contributed by atoms with Crippen molar-refractivity contribution in [3.05, 3.63) is 93.4 Å². The number of carbonyl (C=O) groups excluding carboxylic acids is 2. The number of piperazine rings is 1. The molecule has 3 aromatic heterocycles. The van der Waals surface area contributed by atoms with Gasteiger partial charge in [0.25, 0.3) is 11.5 Å². The van der Waals surface area contributed by atoms with Crippen LogP contribution in [0.2, 0.25) is 0 Å². The van der Waals surface area contributed by atoms with E-state index in [2.05, 4.69) is 30.6 Å². The molecule has 14 nitrogen and oxygen atoms in total. The molecule has 0 radical (unpaired) electrons. The summed E-state index contributed by atoms with van der Waals surface area (Å²) in [6, 6.07) is 7.69. The van der Waals surface area contributed by atoms with Gasteiger partial charge in [0.2, 0.25) is 17.5 Å². The molecule has 0 unspecified atom stereocenters. The van der Waals surface area contributed by atoms with Crippen LogP contribution >= 0.6 is 0 Å². The number of H-pyrrole nitrogens is 1. The SMILES string of the molecule is CCc1c(N2CCN(C(=O)c3nc(-c4ccccc4F)n[nH]3)CC2)c(=O)n2nc(C3=CCOCC3)nc2n1CC(=O)Nc1ccc(C(F)(F)F)cc1F. The van der Waals surface area contributed by atoms with Crippen LogP contribution in [0.3, 0.4) is 0 Å². The first-order valence-electron chi connectivity index (χ1n) is 16.6. The lowest BCUT2D eigenvalue weighted by Crippen LogP contribution is -2.51. The maximum Gasteiger partial charge on any atom is 0.416 e. The van der Waals surface area contributed by atoms with Crippen LogP contribution in [0.4, 0.5) is 33.3 Å². The van der Waals surface area contributed by atoms with Crippen molar-refractivity contribution in [3.8, 4) is 11.4 Å². The largest absolute Gasteiger partial charge is 0.416 e. The molecule has 2 amide bonds. The Bertz CT molecular complexity index is 2310. The summed E-state index contributed by atoms with van der Waals surface area (Å²) in [5, 5.41) is 13.4.